The van der Waals surface area contributed by atoms with Crippen molar-refractivity contribution in [3.8, 4) is 5.88 Å². The summed E-state index contributed by atoms with van der Waals surface area (Å²) >= 11 is 3.11. The van der Waals surface area contributed by atoms with Gasteiger partial charge in [-0.05, 0) is 25.0 Å². The number of fused-ring (bicyclic) bond motifs is 1. The summed E-state index contributed by atoms with van der Waals surface area (Å²) in [6.07, 6.45) is 0.631. The Morgan fingerprint density at radius 3 is 2.65 bits per heavy atom. The molecule has 1 heterocycles. The van der Waals surface area contributed by atoms with Crippen LogP contribution < -0.4 is 0 Å². The minimum absolute atomic E-state index is 0.0559. The first-order valence-electron chi connectivity index (χ1n) is 5.05. The highest BCUT2D eigenvalue weighted by atomic mass is 79.9. The zero-order valence-electron chi connectivity index (χ0n) is 8.54. The summed E-state index contributed by atoms with van der Waals surface area (Å²) in [5, 5.41) is 9.86. The predicted molar refractivity (Wildman–Crippen MR) is 60.9 cm³/mol. The van der Waals surface area contributed by atoms with Crippen molar-refractivity contribution in [1.82, 2.24) is 9.97 Å². The summed E-state index contributed by atoms with van der Waals surface area (Å²) in [4.78, 5) is 7.57. The highest BCUT2D eigenvalue weighted by molar-refractivity contribution is 9.10. The van der Waals surface area contributed by atoms with Crippen LogP contribution in [-0.2, 0) is 5.67 Å². The van der Waals surface area contributed by atoms with Crippen LogP contribution in [0.15, 0.2) is 16.6 Å². The highest BCUT2D eigenvalue weighted by Gasteiger charge is 2.48. The number of benzene rings is 1. The maximum absolute atomic E-state index is 13.8. The van der Waals surface area contributed by atoms with Gasteiger partial charge in [0.2, 0.25) is 5.88 Å². The second-order valence-electron chi connectivity index (χ2n) is 4.12. The van der Waals surface area contributed by atoms with Gasteiger partial charge in [0.1, 0.15) is 5.52 Å². The van der Waals surface area contributed by atoms with E-state index in [9.17, 15) is 13.9 Å². The number of aromatic hydroxyl groups is 1. The molecule has 17 heavy (non-hydrogen) atoms. The van der Waals surface area contributed by atoms with Gasteiger partial charge in [0.25, 0.3) is 0 Å². The summed E-state index contributed by atoms with van der Waals surface area (Å²) < 4.78 is 27.9. The van der Waals surface area contributed by atoms with E-state index in [2.05, 4.69) is 25.9 Å². The third-order valence-corrected chi connectivity index (χ3v) is 3.25. The number of halogens is 3. The monoisotopic (exact) mass is 300 g/mol. The molecule has 2 aromatic rings. The molecular formula is C11H7BrF2N2O. The van der Waals surface area contributed by atoms with Crippen LogP contribution in [0.25, 0.3) is 10.9 Å². The summed E-state index contributed by atoms with van der Waals surface area (Å²) in [6, 6.07) is 2.71. The van der Waals surface area contributed by atoms with E-state index in [4.69, 9.17) is 0 Å². The average molecular weight is 301 g/mol. The van der Waals surface area contributed by atoms with Crippen LogP contribution in [0.5, 0.6) is 5.88 Å². The molecule has 3 nitrogen and oxygen atoms in total. The van der Waals surface area contributed by atoms with Crippen molar-refractivity contribution in [1.29, 1.82) is 0 Å². The van der Waals surface area contributed by atoms with E-state index in [1.54, 1.807) is 0 Å². The standard InChI is InChI=1S/C11H7BrF2N2O/c12-5-3-6-8(7(13)4-5)15-10(16-9(6)17)11(14)1-2-11/h3-4H,1-2H2,(H,15,16,17). The first kappa shape index (κ1) is 10.8. The topological polar surface area (TPSA) is 46.0 Å². The molecule has 0 aliphatic heterocycles. The molecule has 0 atom stereocenters. The van der Waals surface area contributed by atoms with Gasteiger partial charge in [-0.15, -0.1) is 0 Å². The van der Waals surface area contributed by atoms with Gasteiger partial charge in [0.05, 0.1) is 5.39 Å². The fraction of sp³-hybridized carbons (Fsp3) is 0.273. The second kappa shape index (κ2) is 3.35. The molecule has 1 aromatic carbocycles. The minimum Gasteiger partial charge on any atom is -0.493 e. The fourth-order valence-corrected chi connectivity index (χ4v) is 2.11. The summed E-state index contributed by atoms with van der Waals surface area (Å²) in [5.41, 5.74) is -1.65. The molecule has 1 N–H and O–H groups in total. The lowest BCUT2D eigenvalue weighted by Gasteiger charge is -2.07. The Kier molecular flexibility index (Phi) is 2.13. The van der Waals surface area contributed by atoms with Crippen LogP contribution in [0.4, 0.5) is 8.78 Å². The van der Waals surface area contributed by atoms with Crippen molar-refractivity contribution in [2.24, 2.45) is 0 Å². The Bertz CT molecular complexity index is 628. The van der Waals surface area contributed by atoms with Gasteiger partial charge in [0.15, 0.2) is 17.3 Å². The molecule has 0 unspecified atom stereocenters. The normalized spacial score (nSPS) is 17.4. The van der Waals surface area contributed by atoms with Crippen LogP contribution in [0.2, 0.25) is 0 Å². The molecule has 0 radical (unpaired) electrons. The summed E-state index contributed by atoms with van der Waals surface area (Å²) in [7, 11) is 0. The Morgan fingerprint density at radius 1 is 1.29 bits per heavy atom. The van der Waals surface area contributed by atoms with E-state index in [-0.39, 0.29) is 16.7 Å². The molecule has 3 rings (SSSR count). The molecule has 0 amide bonds. The zero-order valence-corrected chi connectivity index (χ0v) is 10.1. The van der Waals surface area contributed by atoms with Crippen molar-refractivity contribution in [2.75, 3.05) is 0 Å². The van der Waals surface area contributed by atoms with Crippen molar-refractivity contribution in [3.63, 3.8) is 0 Å². The van der Waals surface area contributed by atoms with Gasteiger partial charge >= 0.3 is 0 Å². The van der Waals surface area contributed by atoms with Gasteiger partial charge in [-0.1, -0.05) is 15.9 Å². The van der Waals surface area contributed by atoms with Crippen LogP contribution in [0.3, 0.4) is 0 Å². The zero-order chi connectivity index (χ0) is 12.2. The molecule has 1 saturated carbocycles. The van der Waals surface area contributed by atoms with E-state index in [0.29, 0.717) is 17.3 Å². The van der Waals surface area contributed by atoms with Crippen molar-refractivity contribution in [2.45, 2.75) is 18.5 Å². The maximum atomic E-state index is 13.8. The number of nitrogens with zero attached hydrogens (tertiary/aromatic N) is 2. The maximum Gasteiger partial charge on any atom is 0.222 e. The lowest BCUT2D eigenvalue weighted by atomic mass is 10.2. The smallest absolute Gasteiger partial charge is 0.222 e. The minimum atomic E-state index is -1.59. The molecule has 88 valence electrons. The fourth-order valence-electron chi connectivity index (χ4n) is 1.68. The van der Waals surface area contributed by atoms with E-state index in [1.165, 1.54) is 12.1 Å². The van der Waals surface area contributed by atoms with E-state index in [1.807, 2.05) is 0 Å². The predicted octanol–water partition coefficient (Wildman–Crippen LogP) is 3.20. The Morgan fingerprint density at radius 2 is 2.00 bits per heavy atom. The summed E-state index contributed by atoms with van der Waals surface area (Å²) in [6.45, 7) is 0. The molecule has 1 fully saturated rings. The SMILES string of the molecule is Oc1nc(C2(F)CC2)nc2c(F)cc(Br)cc12. The van der Waals surface area contributed by atoms with Crippen molar-refractivity contribution >= 4 is 26.8 Å². The van der Waals surface area contributed by atoms with Gasteiger partial charge in [-0.3, -0.25) is 0 Å². The van der Waals surface area contributed by atoms with E-state index < -0.39 is 17.4 Å². The van der Waals surface area contributed by atoms with Crippen LogP contribution in [0.1, 0.15) is 18.7 Å². The van der Waals surface area contributed by atoms with Crippen molar-refractivity contribution in [3.05, 3.63) is 28.2 Å². The Hall–Kier alpha value is -1.30. The average Bonchev–Trinajstić information content (AvgIpc) is 2.99. The van der Waals surface area contributed by atoms with Gasteiger partial charge in [-0.2, -0.15) is 4.98 Å². The first-order chi connectivity index (χ1) is 7.99. The third kappa shape index (κ3) is 1.67. The third-order valence-electron chi connectivity index (χ3n) is 2.79. The van der Waals surface area contributed by atoms with E-state index in [0.717, 1.165) is 0 Å². The molecule has 1 aliphatic carbocycles. The van der Waals surface area contributed by atoms with Crippen LogP contribution in [0, 0.1) is 5.82 Å². The number of hydrogen-bond donors (Lipinski definition) is 1. The lowest BCUT2D eigenvalue weighted by Crippen LogP contribution is -2.06. The molecular weight excluding hydrogens is 294 g/mol. The number of rotatable bonds is 1. The molecule has 0 bridgehead atoms. The molecule has 0 spiro atoms. The largest absolute Gasteiger partial charge is 0.493 e. The van der Waals surface area contributed by atoms with Gasteiger partial charge in [-0.25, -0.2) is 13.8 Å². The van der Waals surface area contributed by atoms with Crippen LogP contribution in [-0.4, -0.2) is 15.1 Å². The van der Waals surface area contributed by atoms with Crippen molar-refractivity contribution < 1.29 is 13.9 Å². The number of alkyl halides is 1. The number of hydrogen-bond acceptors (Lipinski definition) is 3. The molecule has 6 heteroatoms. The van der Waals surface area contributed by atoms with Gasteiger partial charge < -0.3 is 5.11 Å². The first-order valence-corrected chi connectivity index (χ1v) is 5.84. The Balaban J connectivity index is 2.32. The van der Waals surface area contributed by atoms with Gasteiger partial charge in [0, 0.05) is 4.47 Å². The molecule has 1 aromatic heterocycles. The quantitative estimate of drug-likeness (QED) is 0.880. The van der Waals surface area contributed by atoms with E-state index >= 15 is 0 Å². The highest BCUT2D eigenvalue weighted by Crippen LogP contribution is 2.48. The second-order valence-corrected chi connectivity index (χ2v) is 5.04. The Labute approximate surface area is 104 Å². The van der Waals surface area contributed by atoms with Crippen LogP contribution >= 0.6 is 15.9 Å². The summed E-state index contributed by atoms with van der Waals surface area (Å²) in [5.74, 6) is -1.14. The lowest BCUT2D eigenvalue weighted by molar-refractivity contribution is 0.297. The molecule has 0 saturated heterocycles. The molecule has 1 aliphatic rings. The number of aromatic nitrogens is 2.